The number of fused-ring (bicyclic) bond motifs is 5. The second-order valence-electron chi connectivity index (χ2n) is 6.23. The molecule has 0 aromatic rings. The van der Waals surface area contributed by atoms with Crippen molar-refractivity contribution in [3.05, 3.63) is 11.1 Å². The quantitative estimate of drug-likeness (QED) is 0.741. The summed E-state index contributed by atoms with van der Waals surface area (Å²) in [7, 11) is 0. The number of hydrogen-bond acceptors (Lipinski definition) is 4. The molecule has 0 spiro atoms. The molecule has 2 saturated carbocycles. The molecular weight excluding hydrogens is 256 g/mol. The van der Waals surface area contributed by atoms with Gasteiger partial charge in [-0.05, 0) is 56.4 Å². The molecular formula is C16H22O4. The first-order valence-electron chi connectivity index (χ1n) is 7.62. The molecule has 110 valence electrons. The zero-order valence-corrected chi connectivity index (χ0v) is 12.3. The lowest BCUT2D eigenvalue weighted by molar-refractivity contribution is -0.146. The summed E-state index contributed by atoms with van der Waals surface area (Å²) >= 11 is 0. The molecule has 4 nitrogen and oxygen atoms in total. The Morgan fingerprint density at radius 1 is 1.25 bits per heavy atom. The maximum atomic E-state index is 12.2. The minimum atomic E-state index is -0.299. The molecule has 0 amide bonds. The molecule has 4 heteroatoms. The Bertz CT molecular complexity index is 479. The molecule has 0 aliphatic heterocycles. The minimum Gasteiger partial charge on any atom is -0.463 e. The van der Waals surface area contributed by atoms with Crippen molar-refractivity contribution >= 4 is 11.9 Å². The van der Waals surface area contributed by atoms with Gasteiger partial charge in [-0.3, -0.25) is 4.79 Å². The average molecular weight is 278 g/mol. The third-order valence-electron chi connectivity index (χ3n) is 5.20. The average Bonchev–Trinajstić information content (AvgIpc) is 2.85. The Kier molecular flexibility index (Phi) is 3.35. The maximum absolute atomic E-state index is 12.2. The van der Waals surface area contributed by atoms with Crippen LogP contribution in [0.15, 0.2) is 11.1 Å². The summed E-state index contributed by atoms with van der Waals surface area (Å²) in [5.74, 6) is 1.63. The predicted molar refractivity (Wildman–Crippen MR) is 72.7 cm³/mol. The highest BCUT2D eigenvalue weighted by Crippen LogP contribution is 2.64. The number of ether oxygens (including phenoxy) is 2. The van der Waals surface area contributed by atoms with Crippen molar-refractivity contribution in [2.24, 2.45) is 23.7 Å². The molecule has 5 atom stereocenters. The van der Waals surface area contributed by atoms with Gasteiger partial charge in [-0.15, -0.1) is 0 Å². The van der Waals surface area contributed by atoms with Crippen LogP contribution in [0.2, 0.25) is 0 Å². The van der Waals surface area contributed by atoms with Crippen molar-refractivity contribution in [3.63, 3.8) is 0 Å². The zero-order valence-electron chi connectivity index (χ0n) is 12.3. The van der Waals surface area contributed by atoms with Gasteiger partial charge in [0.05, 0.1) is 6.61 Å². The smallest absolute Gasteiger partial charge is 0.334 e. The Labute approximate surface area is 119 Å². The SMILES string of the molecule is CCOC(=O)C1=C([C@H](C)OC(C)=O)[C@H]2[C@@H]3CC[C@@H](C3)[C@@H]12. The molecule has 0 radical (unpaired) electrons. The lowest BCUT2D eigenvalue weighted by Crippen LogP contribution is -2.44. The normalized spacial score (nSPS) is 35.4. The molecule has 0 unspecified atom stereocenters. The van der Waals surface area contributed by atoms with Crippen LogP contribution in [0.25, 0.3) is 0 Å². The summed E-state index contributed by atoms with van der Waals surface area (Å²) < 4.78 is 10.5. The first-order chi connectivity index (χ1) is 9.54. The lowest BCUT2D eigenvalue weighted by Gasteiger charge is -2.45. The maximum Gasteiger partial charge on any atom is 0.334 e. The van der Waals surface area contributed by atoms with E-state index in [1.54, 1.807) is 0 Å². The summed E-state index contributed by atoms with van der Waals surface area (Å²) in [5.41, 5.74) is 1.86. The Hall–Kier alpha value is -1.32. The van der Waals surface area contributed by atoms with E-state index in [9.17, 15) is 9.59 Å². The molecule has 2 fully saturated rings. The highest BCUT2D eigenvalue weighted by molar-refractivity contribution is 5.93. The van der Waals surface area contributed by atoms with Crippen LogP contribution in [0.3, 0.4) is 0 Å². The van der Waals surface area contributed by atoms with Gasteiger partial charge in [0.2, 0.25) is 0 Å². The predicted octanol–water partition coefficient (Wildman–Crippen LogP) is 2.47. The van der Waals surface area contributed by atoms with E-state index in [-0.39, 0.29) is 18.0 Å². The largest absolute Gasteiger partial charge is 0.463 e. The van der Waals surface area contributed by atoms with E-state index >= 15 is 0 Å². The lowest BCUT2D eigenvalue weighted by atomic mass is 9.60. The summed E-state index contributed by atoms with van der Waals surface area (Å²) in [6, 6.07) is 0. The number of carbonyl (C=O) groups excluding carboxylic acids is 2. The van der Waals surface area contributed by atoms with Crippen molar-refractivity contribution in [1.29, 1.82) is 0 Å². The zero-order chi connectivity index (χ0) is 14.4. The van der Waals surface area contributed by atoms with Crippen molar-refractivity contribution in [3.8, 4) is 0 Å². The monoisotopic (exact) mass is 278 g/mol. The molecule has 0 aromatic carbocycles. The van der Waals surface area contributed by atoms with E-state index in [2.05, 4.69) is 0 Å². The molecule has 3 rings (SSSR count). The highest BCUT2D eigenvalue weighted by atomic mass is 16.5. The van der Waals surface area contributed by atoms with E-state index in [0.717, 1.165) is 11.1 Å². The van der Waals surface area contributed by atoms with Crippen LogP contribution in [0.1, 0.15) is 40.0 Å². The van der Waals surface area contributed by atoms with E-state index in [1.807, 2.05) is 13.8 Å². The standard InChI is InChI=1S/C16H22O4/c1-4-19-16(18)15-12(8(2)20-9(3)17)13-10-5-6-11(7-10)14(13)15/h8,10-11,13-14H,4-7H2,1-3H3/t8-,10+,11-,13+,14+/m0/s1. The molecule has 0 N–H and O–H groups in total. The molecule has 3 aliphatic carbocycles. The minimum absolute atomic E-state index is 0.199. The third-order valence-corrected chi connectivity index (χ3v) is 5.20. The van der Waals surface area contributed by atoms with E-state index < -0.39 is 0 Å². The summed E-state index contributed by atoms with van der Waals surface area (Å²) in [6.45, 7) is 5.50. The van der Waals surface area contributed by atoms with Crippen molar-refractivity contribution in [2.75, 3.05) is 6.61 Å². The van der Waals surface area contributed by atoms with Crippen LogP contribution < -0.4 is 0 Å². The topological polar surface area (TPSA) is 52.6 Å². The molecule has 0 saturated heterocycles. The Balaban J connectivity index is 1.90. The van der Waals surface area contributed by atoms with Gasteiger partial charge in [-0.25, -0.2) is 4.79 Å². The summed E-state index contributed by atoms with van der Waals surface area (Å²) in [6.07, 6.45) is 3.39. The molecule has 0 aromatic heterocycles. The fraction of sp³-hybridized carbons (Fsp3) is 0.750. The Morgan fingerprint density at radius 3 is 2.50 bits per heavy atom. The van der Waals surface area contributed by atoms with Crippen molar-refractivity contribution in [1.82, 2.24) is 0 Å². The summed E-state index contributed by atoms with van der Waals surface area (Å²) in [5, 5.41) is 0. The first kappa shape index (κ1) is 13.7. The van der Waals surface area contributed by atoms with Gasteiger partial charge in [0.25, 0.3) is 0 Å². The van der Waals surface area contributed by atoms with Gasteiger partial charge in [0, 0.05) is 18.4 Å². The molecule has 20 heavy (non-hydrogen) atoms. The van der Waals surface area contributed by atoms with Crippen LogP contribution in [0, 0.1) is 23.7 Å². The fourth-order valence-corrected chi connectivity index (χ4v) is 4.70. The number of rotatable bonds is 4. The summed E-state index contributed by atoms with van der Waals surface area (Å²) in [4.78, 5) is 23.4. The van der Waals surface area contributed by atoms with Crippen molar-refractivity contribution in [2.45, 2.75) is 46.1 Å². The van der Waals surface area contributed by atoms with Crippen molar-refractivity contribution < 1.29 is 19.1 Å². The third kappa shape index (κ3) is 1.88. The van der Waals surface area contributed by atoms with Gasteiger partial charge >= 0.3 is 11.9 Å². The van der Waals surface area contributed by atoms with Gasteiger partial charge < -0.3 is 9.47 Å². The first-order valence-corrected chi connectivity index (χ1v) is 7.62. The number of esters is 2. The van der Waals surface area contributed by atoms with Gasteiger partial charge in [-0.2, -0.15) is 0 Å². The van der Waals surface area contributed by atoms with Gasteiger partial charge in [0.1, 0.15) is 6.10 Å². The van der Waals surface area contributed by atoms with Crippen LogP contribution in [-0.4, -0.2) is 24.6 Å². The second kappa shape index (κ2) is 4.90. The second-order valence-corrected chi connectivity index (χ2v) is 6.23. The van der Waals surface area contributed by atoms with E-state index in [0.29, 0.717) is 30.3 Å². The van der Waals surface area contributed by atoms with Gasteiger partial charge in [0.15, 0.2) is 0 Å². The Morgan fingerprint density at radius 2 is 1.90 bits per heavy atom. The van der Waals surface area contributed by atoms with Crippen LogP contribution >= 0.6 is 0 Å². The molecule has 3 aliphatic rings. The fourth-order valence-electron chi connectivity index (χ4n) is 4.70. The highest BCUT2D eigenvalue weighted by Gasteiger charge is 2.60. The van der Waals surface area contributed by atoms with Crippen LogP contribution in [0.4, 0.5) is 0 Å². The van der Waals surface area contributed by atoms with E-state index in [1.165, 1.54) is 26.2 Å². The van der Waals surface area contributed by atoms with Crippen LogP contribution in [0.5, 0.6) is 0 Å². The van der Waals surface area contributed by atoms with E-state index in [4.69, 9.17) is 9.47 Å². The molecule has 0 heterocycles. The van der Waals surface area contributed by atoms with Crippen LogP contribution in [-0.2, 0) is 19.1 Å². The van der Waals surface area contributed by atoms with Gasteiger partial charge in [-0.1, -0.05) is 0 Å². The number of carbonyl (C=O) groups is 2. The number of hydrogen-bond donors (Lipinski definition) is 0. The molecule has 2 bridgehead atoms.